The molecule has 8 N–H and O–H groups in total. The minimum Gasteiger partial charge on any atom is -0.394 e. The third-order valence-electron chi connectivity index (χ3n) is 15.5. The van der Waals surface area contributed by atoms with Gasteiger partial charge in [-0.3, -0.25) is 4.79 Å². The Bertz CT molecular complexity index is 1250. The highest BCUT2D eigenvalue weighted by atomic mass is 16.7. The molecule has 0 spiro atoms. The molecular formula is C63H121NO10. The summed E-state index contributed by atoms with van der Waals surface area (Å²) in [4.78, 5) is 13.2. The number of aliphatic hydroxyl groups is 7. The first-order chi connectivity index (χ1) is 36.2. The van der Waals surface area contributed by atoms with Crippen molar-refractivity contribution in [2.75, 3.05) is 13.2 Å². The zero-order valence-corrected chi connectivity index (χ0v) is 48.1. The summed E-state index contributed by atoms with van der Waals surface area (Å²) in [5.74, 6) is -0.707. The molecule has 0 aromatic rings. The molecule has 1 heterocycles. The van der Waals surface area contributed by atoms with Gasteiger partial charge >= 0.3 is 0 Å². The molecule has 9 atom stereocenters. The molecule has 1 fully saturated rings. The molecule has 0 radical (unpaired) electrons. The SMILES string of the molecule is CCCCCCCCCCCCC/C=C\CCCCCCCCC(O)C(=O)NC(COC1OC(CO)C(O)C(O)C1O)C(O)C(O)CCC/C=C/CCCCCCCCCCCCCCCCCCCCCCC. The maximum Gasteiger partial charge on any atom is 0.249 e. The molecule has 74 heavy (non-hydrogen) atoms. The van der Waals surface area contributed by atoms with Crippen LogP contribution >= 0.6 is 0 Å². The first kappa shape index (κ1) is 70.6. The second-order valence-corrected chi connectivity index (χ2v) is 22.5. The van der Waals surface area contributed by atoms with Crippen LogP contribution in [0.1, 0.15) is 303 Å². The molecule has 1 aliphatic rings. The number of carbonyl (C=O) groups excluding carboxylic acids is 1. The van der Waals surface area contributed by atoms with Gasteiger partial charge in [0.1, 0.15) is 36.6 Å². The van der Waals surface area contributed by atoms with Crippen molar-refractivity contribution >= 4 is 5.91 Å². The number of nitrogens with one attached hydrogen (secondary N) is 1. The van der Waals surface area contributed by atoms with Crippen molar-refractivity contribution < 1.29 is 50.0 Å². The highest BCUT2D eigenvalue weighted by Gasteiger charge is 2.44. The monoisotopic (exact) mass is 1050 g/mol. The average Bonchev–Trinajstić information content (AvgIpc) is 3.40. The third-order valence-corrected chi connectivity index (χ3v) is 15.5. The van der Waals surface area contributed by atoms with E-state index in [1.165, 1.54) is 205 Å². The molecule has 11 nitrogen and oxygen atoms in total. The fourth-order valence-corrected chi connectivity index (χ4v) is 10.3. The van der Waals surface area contributed by atoms with E-state index in [9.17, 15) is 40.5 Å². The largest absolute Gasteiger partial charge is 0.394 e. The van der Waals surface area contributed by atoms with E-state index in [1.807, 2.05) is 0 Å². The van der Waals surface area contributed by atoms with E-state index >= 15 is 0 Å². The van der Waals surface area contributed by atoms with Crippen LogP contribution in [-0.4, -0.2) is 110 Å². The molecular weight excluding hydrogens is 931 g/mol. The van der Waals surface area contributed by atoms with Crippen LogP contribution in [0.25, 0.3) is 0 Å². The summed E-state index contributed by atoms with van der Waals surface area (Å²) >= 11 is 0. The number of ether oxygens (including phenoxy) is 2. The van der Waals surface area contributed by atoms with E-state index in [1.54, 1.807) is 0 Å². The highest BCUT2D eigenvalue weighted by Crippen LogP contribution is 2.24. The maximum absolute atomic E-state index is 13.2. The Balaban J connectivity index is 2.28. The molecule has 1 rings (SSSR count). The molecule has 0 aliphatic carbocycles. The Morgan fingerprint density at radius 2 is 0.797 bits per heavy atom. The van der Waals surface area contributed by atoms with Gasteiger partial charge in [0.05, 0.1) is 25.4 Å². The fraction of sp³-hybridized carbons (Fsp3) is 0.921. The highest BCUT2D eigenvalue weighted by molar-refractivity contribution is 5.80. The second kappa shape index (κ2) is 52.3. The van der Waals surface area contributed by atoms with E-state index in [-0.39, 0.29) is 12.8 Å². The molecule has 438 valence electrons. The Morgan fingerprint density at radius 1 is 0.459 bits per heavy atom. The lowest BCUT2D eigenvalue weighted by Gasteiger charge is -2.40. The molecule has 0 bridgehead atoms. The van der Waals surface area contributed by atoms with Crippen LogP contribution in [-0.2, 0) is 14.3 Å². The standard InChI is InChI=1S/C63H121NO10/c1-3-5-7-9-11-13-15-17-19-21-23-25-26-27-28-29-31-32-34-36-38-40-42-44-46-48-50-55(66)58(68)54(53-73-63-61(71)60(70)59(69)57(52-65)74-63)64-62(72)56(67)51-49-47-45-43-41-39-37-35-33-30-24-22-20-18-16-14-12-10-8-6-4-2/h33,35,42,44,54-61,63,65-71H,3-32,34,36-41,43,45-53H2,1-2H3,(H,64,72)/b35-33-,44-42+. The molecule has 1 aliphatic heterocycles. The van der Waals surface area contributed by atoms with E-state index in [4.69, 9.17) is 9.47 Å². The fourth-order valence-electron chi connectivity index (χ4n) is 10.3. The van der Waals surface area contributed by atoms with E-state index in [0.717, 1.165) is 57.8 Å². The van der Waals surface area contributed by atoms with Crippen LogP contribution < -0.4 is 5.32 Å². The number of hydrogen-bond acceptors (Lipinski definition) is 10. The Labute approximate surface area is 454 Å². The molecule has 1 saturated heterocycles. The lowest BCUT2D eigenvalue weighted by molar-refractivity contribution is -0.303. The molecule has 11 heteroatoms. The van der Waals surface area contributed by atoms with Crippen LogP contribution in [0, 0.1) is 0 Å². The average molecular weight is 1050 g/mol. The molecule has 9 unspecified atom stereocenters. The minimum atomic E-state index is -1.67. The van der Waals surface area contributed by atoms with Gasteiger partial charge in [-0.05, 0) is 64.2 Å². The molecule has 0 aromatic heterocycles. The van der Waals surface area contributed by atoms with Gasteiger partial charge in [-0.25, -0.2) is 0 Å². The van der Waals surface area contributed by atoms with Gasteiger partial charge in [0.2, 0.25) is 5.91 Å². The summed E-state index contributed by atoms with van der Waals surface area (Å²) in [5.41, 5.74) is 0. The number of amides is 1. The van der Waals surface area contributed by atoms with E-state index in [2.05, 4.69) is 43.5 Å². The predicted molar refractivity (Wildman–Crippen MR) is 307 cm³/mol. The zero-order valence-electron chi connectivity index (χ0n) is 48.1. The number of hydrogen-bond donors (Lipinski definition) is 8. The Kier molecular flexibility index (Phi) is 49.9. The summed E-state index contributed by atoms with van der Waals surface area (Å²) in [7, 11) is 0. The van der Waals surface area contributed by atoms with Gasteiger partial charge in [0.25, 0.3) is 0 Å². The summed E-state index contributed by atoms with van der Waals surface area (Å²) in [5, 5.41) is 76.3. The summed E-state index contributed by atoms with van der Waals surface area (Å²) in [6, 6.07) is -1.19. The van der Waals surface area contributed by atoms with Gasteiger partial charge in [-0.2, -0.15) is 0 Å². The van der Waals surface area contributed by atoms with Crippen molar-refractivity contribution in [3.8, 4) is 0 Å². The smallest absolute Gasteiger partial charge is 0.249 e. The first-order valence-corrected chi connectivity index (χ1v) is 31.7. The molecule has 0 aromatic carbocycles. The minimum absolute atomic E-state index is 0.248. The van der Waals surface area contributed by atoms with Crippen LogP contribution in [0.3, 0.4) is 0 Å². The van der Waals surface area contributed by atoms with Crippen LogP contribution in [0.2, 0.25) is 0 Å². The number of carbonyl (C=O) groups is 1. The van der Waals surface area contributed by atoms with Crippen molar-refractivity contribution in [2.24, 2.45) is 0 Å². The quantitative estimate of drug-likeness (QED) is 0.0215. The van der Waals surface area contributed by atoms with Crippen LogP contribution in [0.15, 0.2) is 24.3 Å². The van der Waals surface area contributed by atoms with Crippen molar-refractivity contribution in [3.63, 3.8) is 0 Å². The summed E-state index contributed by atoms with van der Waals surface area (Å²) in [6.45, 7) is 3.48. The van der Waals surface area contributed by atoms with Gasteiger partial charge in [-0.1, -0.05) is 263 Å². The lowest BCUT2D eigenvalue weighted by Crippen LogP contribution is -2.60. The van der Waals surface area contributed by atoms with E-state index < -0.39 is 74.2 Å². The van der Waals surface area contributed by atoms with Gasteiger partial charge in [0, 0.05) is 0 Å². The van der Waals surface area contributed by atoms with Crippen molar-refractivity contribution in [1.29, 1.82) is 0 Å². The number of rotatable bonds is 55. The number of allylic oxidation sites excluding steroid dienone is 4. The Morgan fingerprint density at radius 3 is 1.16 bits per heavy atom. The number of aliphatic hydroxyl groups excluding tert-OH is 7. The number of unbranched alkanes of at least 4 members (excludes halogenated alkanes) is 39. The van der Waals surface area contributed by atoms with Crippen molar-refractivity contribution in [3.05, 3.63) is 24.3 Å². The second-order valence-electron chi connectivity index (χ2n) is 22.5. The zero-order chi connectivity index (χ0) is 54.0. The van der Waals surface area contributed by atoms with Gasteiger partial charge in [-0.15, -0.1) is 0 Å². The van der Waals surface area contributed by atoms with Crippen LogP contribution in [0.5, 0.6) is 0 Å². The summed E-state index contributed by atoms with van der Waals surface area (Å²) < 4.78 is 11.2. The normalized spacial score (nSPS) is 19.9. The van der Waals surface area contributed by atoms with Crippen LogP contribution in [0.4, 0.5) is 0 Å². The predicted octanol–water partition coefficient (Wildman–Crippen LogP) is 14.1. The lowest BCUT2D eigenvalue weighted by atomic mass is 9.98. The maximum atomic E-state index is 13.2. The third kappa shape index (κ3) is 39.9. The first-order valence-electron chi connectivity index (χ1n) is 31.7. The molecule has 1 amide bonds. The van der Waals surface area contributed by atoms with Gasteiger partial charge < -0.3 is 50.5 Å². The topological polar surface area (TPSA) is 189 Å². The van der Waals surface area contributed by atoms with Crippen molar-refractivity contribution in [1.82, 2.24) is 5.32 Å². The summed E-state index contributed by atoms with van der Waals surface area (Å²) in [6.07, 6.45) is 52.4. The Hall–Kier alpha value is -1.41. The van der Waals surface area contributed by atoms with Crippen molar-refractivity contribution in [2.45, 2.75) is 358 Å². The van der Waals surface area contributed by atoms with Gasteiger partial charge in [0.15, 0.2) is 6.29 Å². The van der Waals surface area contributed by atoms with E-state index in [0.29, 0.717) is 12.8 Å². The molecule has 0 saturated carbocycles.